The summed E-state index contributed by atoms with van der Waals surface area (Å²) >= 11 is 0. The van der Waals surface area contributed by atoms with E-state index < -0.39 is 13.8 Å². The maximum Gasteiger partial charge on any atom is 0.527 e. The summed E-state index contributed by atoms with van der Waals surface area (Å²) in [6.45, 7) is 6.62. The molecule has 0 unspecified atom stereocenters. The number of rotatable bonds is 4. The van der Waals surface area contributed by atoms with Crippen LogP contribution in [-0.2, 0) is 13.9 Å². The van der Waals surface area contributed by atoms with Gasteiger partial charge in [-0.1, -0.05) is 13.0 Å². The molecule has 0 spiro atoms. The zero-order chi connectivity index (χ0) is 15.0. The first-order valence-electron chi connectivity index (χ1n) is 5.69. The van der Waals surface area contributed by atoms with E-state index in [-0.39, 0.29) is 5.57 Å². The van der Waals surface area contributed by atoms with Gasteiger partial charge in [-0.25, -0.2) is 9.36 Å². The van der Waals surface area contributed by atoms with Crippen LogP contribution in [0.25, 0.3) is 0 Å². The second-order valence-corrected chi connectivity index (χ2v) is 5.93. The lowest BCUT2D eigenvalue weighted by molar-refractivity contribution is -0.868. The molecule has 7 heteroatoms. The monoisotopic (exact) mass is 282 g/mol. The van der Waals surface area contributed by atoms with Crippen molar-refractivity contribution in [1.82, 2.24) is 0 Å². The average Bonchev–Trinajstić information content (AvgIpc) is 2.15. The van der Waals surface area contributed by atoms with Crippen LogP contribution in [0.4, 0.5) is 0 Å². The molecule has 0 aliphatic carbocycles. The molecular formula is C11H25NO5P+. The number of nitrogens with zero attached hydrogens (tertiary/aromatic N) is 1. The molecule has 0 aromatic heterocycles. The van der Waals surface area contributed by atoms with E-state index in [2.05, 4.69) is 32.6 Å². The summed E-state index contributed by atoms with van der Waals surface area (Å²) < 4.78 is 15.1. The smallest absolute Gasteiger partial charge is 0.367 e. The molecular weight excluding hydrogens is 257 g/mol. The van der Waals surface area contributed by atoms with Crippen molar-refractivity contribution in [3.8, 4) is 0 Å². The molecule has 2 N–H and O–H groups in total. The van der Waals surface area contributed by atoms with Crippen molar-refractivity contribution < 1.29 is 28.2 Å². The first-order valence-corrected chi connectivity index (χ1v) is 7.22. The maximum absolute atomic E-state index is 10.8. The first kappa shape index (κ1) is 19.7. The molecule has 0 aliphatic rings. The molecule has 0 aromatic carbocycles. The Labute approximate surface area is 109 Å². The molecule has 0 atom stereocenters. The van der Waals surface area contributed by atoms with Crippen molar-refractivity contribution in [2.75, 3.05) is 27.7 Å². The minimum Gasteiger partial charge on any atom is -0.367 e. The number of carbonyl (C=O) groups excluding carboxylic acids is 1. The fourth-order valence-electron chi connectivity index (χ4n) is 0.570. The van der Waals surface area contributed by atoms with E-state index in [9.17, 15) is 9.36 Å². The lowest BCUT2D eigenvalue weighted by atomic mass is 10.2. The third-order valence-electron chi connectivity index (χ3n) is 1.98. The van der Waals surface area contributed by atoms with Crippen LogP contribution in [0.1, 0.15) is 27.2 Å². The van der Waals surface area contributed by atoms with Gasteiger partial charge in [0.1, 0.15) is 0 Å². The van der Waals surface area contributed by atoms with Crippen LogP contribution in [0.5, 0.6) is 0 Å². The van der Waals surface area contributed by atoms with Gasteiger partial charge in [0.05, 0.1) is 27.7 Å². The standard InChI is InChI=1S/C6H11O5P.C5H14N/c1-3-4-5(2)6(7)11-12(8,9)10;1-5-6(2,3)4/h4H,3H2,1-2H3,(H2,8,9,10);5H2,1-4H3/q;+1. The van der Waals surface area contributed by atoms with Crippen molar-refractivity contribution >= 4 is 13.8 Å². The third-order valence-corrected chi connectivity index (χ3v) is 2.39. The van der Waals surface area contributed by atoms with E-state index >= 15 is 0 Å². The highest BCUT2D eigenvalue weighted by molar-refractivity contribution is 7.46. The molecule has 0 aromatic rings. The molecule has 108 valence electrons. The summed E-state index contributed by atoms with van der Waals surface area (Å²) in [5.74, 6) is -0.981. The van der Waals surface area contributed by atoms with Gasteiger partial charge in [0.2, 0.25) is 0 Å². The summed E-state index contributed by atoms with van der Waals surface area (Å²) in [4.78, 5) is 27.3. The average molecular weight is 282 g/mol. The van der Waals surface area contributed by atoms with E-state index in [4.69, 9.17) is 9.79 Å². The van der Waals surface area contributed by atoms with Crippen LogP contribution >= 0.6 is 7.82 Å². The molecule has 0 aliphatic heterocycles. The van der Waals surface area contributed by atoms with E-state index in [1.807, 2.05) is 0 Å². The van der Waals surface area contributed by atoms with E-state index in [1.165, 1.54) is 19.5 Å². The zero-order valence-corrected chi connectivity index (χ0v) is 12.9. The molecule has 0 amide bonds. The van der Waals surface area contributed by atoms with Crippen LogP contribution in [0, 0.1) is 0 Å². The van der Waals surface area contributed by atoms with Gasteiger partial charge in [-0.15, -0.1) is 0 Å². The Balaban J connectivity index is 0. The molecule has 0 rings (SSSR count). The molecule has 0 fully saturated rings. The predicted octanol–water partition coefficient (Wildman–Crippen LogP) is 1.69. The maximum atomic E-state index is 10.8. The quantitative estimate of drug-likeness (QED) is 0.466. The van der Waals surface area contributed by atoms with Gasteiger partial charge in [-0.2, -0.15) is 0 Å². The number of quaternary nitrogens is 1. The Hall–Kier alpha value is -0.680. The van der Waals surface area contributed by atoms with Crippen LogP contribution in [0.15, 0.2) is 11.6 Å². The van der Waals surface area contributed by atoms with Gasteiger partial charge in [0.15, 0.2) is 0 Å². The Kier molecular flexibility index (Phi) is 9.20. The highest BCUT2D eigenvalue weighted by Crippen LogP contribution is 2.36. The predicted molar refractivity (Wildman–Crippen MR) is 70.8 cm³/mol. The Morgan fingerprint density at radius 3 is 1.89 bits per heavy atom. The first-order chi connectivity index (χ1) is 7.93. The number of phosphoric ester groups is 1. The van der Waals surface area contributed by atoms with Gasteiger partial charge < -0.3 is 9.01 Å². The van der Waals surface area contributed by atoms with Gasteiger partial charge in [-0.05, 0) is 20.3 Å². The number of hydrogen-bond acceptors (Lipinski definition) is 3. The second-order valence-electron chi connectivity index (χ2n) is 4.77. The summed E-state index contributed by atoms with van der Waals surface area (Å²) in [6, 6.07) is 0. The minimum absolute atomic E-state index is 0.195. The summed E-state index contributed by atoms with van der Waals surface area (Å²) in [6.07, 6.45) is 2.14. The summed E-state index contributed by atoms with van der Waals surface area (Å²) in [5.41, 5.74) is 0.195. The minimum atomic E-state index is -4.69. The van der Waals surface area contributed by atoms with E-state index in [0.29, 0.717) is 6.42 Å². The topological polar surface area (TPSA) is 83.8 Å². The second kappa shape index (κ2) is 8.43. The van der Waals surface area contributed by atoms with Crippen LogP contribution in [0.2, 0.25) is 0 Å². The van der Waals surface area contributed by atoms with Crippen molar-refractivity contribution in [2.24, 2.45) is 0 Å². The van der Waals surface area contributed by atoms with E-state index in [1.54, 1.807) is 6.92 Å². The number of phosphoric acid groups is 1. The van der Waals surface area contributed by atoms with Crippen molar-refractivity contribution in [3.63, 3.8) is 0 Å². The fraction of sp³-hybridized carbons (Fsp3) is 0.727. The fourth-order valence-corrected chi connectivity index (χ4v) is 0.930. The normalized spacial score (nSPS) is 12.6. The van der Waals surface area contributed by atoms with Gasteiger partial charge in [0, 0.05) is 5.57 Å². The number of allylic oxidation sites excluding steroid dienone is 1. The zero-order valence-electron chi connectivity index (χ0n) is 12.0. The van der Waals surface area contributed by atoms with Crippen LogP contribution in [0.3, 0.4) is 0 Å². The van der Waals surface area contributed by atoms with Crippen LogP contribution < -0.4 is 0 Å². The third kappa shape index (κ3) is 15.3. The largest absolute Gasteiger partial charge is 0.527 e. The number of hydrogen-bond donors (Lipinski definition) is 2. The Morgan fingerprint density at radius 1 is 1.28 bits per heavy atom. The number of carbonyl (C=O) groups is 1. The lowest BCUT2D eigenvalue weighted by Crippen LogP contribution is -2.33. The molecule has 0 bridgehead atoms. The molecule has 18 heavy (non-hydrogen) atoms. The molecule has 0 radical (unpaired) electrons. The van der Waals surface area contributed by atoms with E-state index in [0.717, 1.165) is 4.48 Å². The SMILES string of the molecule is CCC=C(C)C(=O)OP(=O)(O)O.CC[N+](C)(C)C. The van der Waals surface area contributed by atoms with Gasteiger partial charge in [0.25, 0.3) is 0 Å². The van der Waals surface area contributed by atoms with Crippen LogP contribution in [-0.4, -0.2) is 47.9 Å². The summed E-state index contributed by atoms with van der Waals surface area (Å²) in [5, 5.41) is 0. The Bertz CT molecular complexity index is 327. The Morgan fingerprint density at radius 2 is 1.67 bits per heavy atom. The van der Waals surface area contributed by atoms with Crippen molar-refractivity contribution in [1.29, 1.82) is 0 Å². The molecule has 0 saturated heterocycles. The lowest BCUT2D eigenvalue weighted by Gasteiger charge is -2.20. The van der Waals surface area contributed by atoms with Crippen molar-refractivity contribution in [2.45, 2.75) is 27.2 Å². The highest BCUT2D eigenvalue weighted by Gasteiger charge is 2.20. The molecule has 6 nitrogen and oxygen atoms in total. The molecule has 0 saturated carbocycles. The van der Waals surface area contributed by atoms with Gasteiger partial charge >= 0.3 is 13.8 Å². The highest BCUT2D eigenvalue weighted by atomic mass is 31.2. The molecule has 0 heterocycles. The summed E-state index contributed by atoms with van der Waals surface area (Å²) in [7, 11) is 1.85. The van der Waals surface area contributed by atoms with Crippen molar-refractivity contribution in [3.05, 3.63) is 11.6 Å². The van der Waals surface area contributed by atoms with Gasteiger partial charge in [-0.3, -0.25) is 9.79 Å².